The summed E-state index contributed by atoms with van der Waals surface area (Å²) in [5.41, 5.74) is 0. The van der Waals surface area contributed by atoms with Crippen molar-refractivity contribution in [1.29, 1.82) is 0 Å². The van der Waals surface area contributed by atoms with Crippen LogP contribution < -0.4 is 10.1 Å². The average molecular weight is 318 g/mol. The Kier molecular flexibility index (Phi) is 6.12. The van der Waals surface area contributed by atoms with Crippen LogP contribution in [0.1, 0.15) is 26.7 Å². The van der Waals surface area contributed by atoms with Gasteiger partial charge in [0.1, 0.15) is 11.6 Å². The molecule has 3 nitrogen and oxygen atoms in total. The first-order chi connectivity index (χ1) is 8.52. The van der Waals surface area contributed by atoms with Crippen LogP contribution in [0.3, 0.4) is 0 Å². The van der Waals surface area contributed by atoms with Gasteiger partial charge in [0.05, 0.1) is 0 Å². The SMILES string of the molecule is CCCCNC(=O)C(C)Oc1cc(F)cc(Br)c1. The maximum Gasteiger partial charge on any atom is 0.260 e. The average Bonchev–Trinajstić information content (AvgIpc) is 2.27. The highest BCUT2D eigenvalue weighted by molar-refractivity contribution is 9.10. The summed E-state index contributed by atoms with van der Waals surface area (Å²) in [4.78, 5) is 11.7. The number of carbonyl (C=O) groups excluding carboxylic acids is 1. The van der Waals surface area contributed by atoms with Crippen molar-refractivity contribution in [3.05, 3.63) is 28.5 Å². The number of nitrogens with one attached hydrogen (secondary N) is 1. The molecule has 0 aliphatic rings. The second-order valence-corrected chi connectivity index (χ2v) is 4.93. The Morgan fingerprint density at radius 1 is 1.50 bits per heavy atom. The van der Waals surface area contributed by atoms with Gasteiger partial charge < -0.3 is 10.1 Å². The van der Waals surface area contributed by atoms with Crippen LogP contribution in [-0.2, 0) is 4.79 Å². The molecule has 0 aliphatic heterocycles. The number of hydrogen-bond donors (Lipinski definition) is 1. The lowest BCUT2D eigenvalue weighted by molar-refractivity contribution is -0.127. The number of halogens is 2. The smallest absolute Gasteiger partial charge is 0.260 e. The van der Waals surface area contributed by atoms with Gasteiger partial charge in [-0.05, 0) is 25.5 Å². The Hall–Kier alpha value is -1.10. The van der Waals surface area contributed by atoms with E-state index >= 15 is 0 Å². The summed E-state index contributed by atoms with van der Waals surface area (Å²) in [6.07, 6.45) is 1.31. The Labute approximate surface area is 115 Å². The molecule has 18 heavy (non-hydrogen) atoms. The summed E-state index contributed by atoms with van der Waals surface area (Å²) < 4.78 is 19.1. The number of carbonyl (C=O) groups is 1. The Morgan fingerprint density at radius 3 is 2.83 bits per heavy atom. The molecule has 0 aliphatic carbocycles. The summed E-state index contributed by atoms with van der Waals surface area (Å²) in [6, 6.07) is 4.21. The van der Waals surface area contributed by atoms with E-state index in [1.807, 2.05) is 0 Å². The van der Waals surface area contributed by atoms with Gasteiger partial charge in [-0.25, -0.2) is 4.39 Å². The van der Waals surface area contributed by atoms with E-state index in [9.17, 15) is 9.18 Å². The van der Waals surface area contributed by atoms with Crippen LogP contribution in [0, 0.1) is 5.82 Å². The second kappa shape index (κ2) is 7.36. The fraction of sp³-hybridized carbons (Fsp3) is 0.462. The van der Waals surface area contributed by atoms with E-state index in [1.54, 1.807) is 13.0 Å². The summed E-state index contributed by atoms with van der Waals surface area (Å²) in [5, 5.41) is 2.76. The van der Waals surface area contributed by atoms with Crippen molar-refractivity contribution < 1.29 is 13.9 Å². The molecule has 5 heteroatoms. The number of amides is 1. The fourth-order valence-electron chi connectivity index (χ4n) is 1.39. The van der Waals surface area contributed by atoms with Gasteiger partial charge >= 0.3 is 0 Å². The van der Waals surface area contributed by atoms with Crippen LogP contribution in [0.25, 0.3) is 0 Å². The molecular weight excluding hydrogens is 301 g/mol. The zero-order valence-electron chi connectivity index (χ0n) is 10.5. The third-order valence-corrected chi connectivity index (χ3v) is 2.81. The lowest BCUT2D eigenvalue weighted by Gasteiger charge is -2.14. The van der Waals surface area contributed by atoms with Gasteiger partial charge in [-0.1, -0.05) is 29.3 Å². The molecule has 1 aromatic carbocycles. The predicted molar refractivity (Wildman–Crippen MR) is 72.1 cm³/mol. The largest absolute Gasteiger partial charge is 0.481 e. The summed E-state index contributed by atoms with van der Waals surface area (Å²) in [6.45, 7) is 4.33. The van der Waals surface area contributed by atoms with Gasteiger partial charge in [-0.3, -0.25) is 4.79 Å². The fourth-order valence-corrected chi connectivity index (χ4v) is 1.83. The Balaban J connectivity index is 2.52. The highest BCUT2D eigenvalue weighted by Gasteiger charge is 2.14. The minimum atomic E-state index is -0.643. The van der Waals surface area contributed by atoms with E-state index in [0.717, 1.165) is 12.8 Å². The molecule has 100 valence electrons. The molecule has 1 N–H and O–H groups in total. The van der Waals surface area contributed by atoms with Gasteiger partial charge in [0.2, 0.25) is 0 Å². The molecule has 0 saturated carbocycles. The highest BCUT2D eigenvalue weighted by atomic mass is 79.9. The van der Waals surface area contributed by atoms with Crippen LogP contribution in [0.4, 0.5) is 4.39 Å². The van der Waals surface area contributed by atoms with Gasteiger partial charge in [0.25, 0.3) is 5.91 Å². The standard InChI is InChI=1S/C13H17BrFNO2/c1-3-4-5-16-13(17)9(2)18-12-7-10(14)6-11(15)8-12/h6-9H,3-5H2,1-2H3,(H,16,17). The predicted octanol–water partition coefficient (Wildman–Crippen LogP) is 3.27. The Bertz CT molecular complexity index is 392. The minimum Gasteiger partial charge on any atom is -0.481 e. The van der Waals surface area contributed by atoms with Crippen molar-refractivity contribution in [2.45, 2.75) is 32.8 Å². The summed E-state index contributed by atoms with van der Waals surface area (Å²) in [5.74, 6) is -0.262. The summed E-state index contributed by atoms with van der Waals surface area (Å²) in [7, 11) is 0. The molecular formula is C13H17BrFNO2. The van der Waals surface area contributed by atoms with Crippen LogP contribution in [0.5, 0.6) is 5.75 Å². The molecule has 1 unspecified atom stereocenters. The van der Waals surface area contributed by atoms with Gasteiger partial charge in [-0.15, -0.1) is 0 Å². The first kappa shape index (κ1) is 15.0. The lowest BCUT2D eigenvalue weighted by Crippen LogP contribution is -2.36. The van der Waals surface area contributed by atoms with E-state index in [1.165, 1.54) is 12.1 Å². The van der Waals surface area contributed by atoms with Gasteiger partial charge in [-0.2, -0.15) is 0 Å². The first-order valence-corrected chi connectivity index (χ1v) is 6.72. The van der Waals surface area contributed by atoms with E-state index in [4.69, 9.17) is 4.74 Å². The third kappa shape index (κ3) is 5.04. The minimum absolute atomic E-state index is 0.191. The van der Waals surface area contributed by atoms with E-state index < -0.39 is 11.9 Å². The van der Waals surface area contributed by atoms with Crippen LogP contribution in [-0.4, -0.2) is 18.6 Å². The van der Waals surface area contributed by atoms with E-state index in [0.29, 0.717) is 16.8 Å². The monoisotopic (exact) mass is 317 g/mol. The van der Waals surface area contributed by atoms with Crippen molar-refractivity contribution in [3.8, 4) is 5.75 Å². The van der Waals surface area contributed by atoms with Crippen molar-refractivity contribution in [1.82, 2.24) is 5.32 Å². The summed E-state index contributed by atoms with van der Waals surface area (Å²) >= 11 is 3.17. The van der Waals surface area contributed by atoms with Crippen molar-refractivity contribution >= 4 is 21.8 Å². The molecule has 0 saturated heterocycles. The van der Waals surface area contributed by atoms with E-state index in [2.05, 4.69) is 28.2 Å². The molecule has 1 aromatic rings. The number of hydrogen-bond acceptors (Lipinski definition) is 2. The van der Waals surface area contributed by atoms with Crippen molar-refractivity contribution in [2.75, 3.05) is 6.54 Å². The molecule has 0 bridgehead atoms. The number of rotatable bonds is 6. The molecule has 0 radical (unpaired) electrons. The third-order valence-electron chi connectivity index (χ3n) is 2.35. The molecule has 1 rings (SSSR count). The second-order valence-electron chi connectivity index (χ2n) is 4.01. The quantitative estimate of drug-likeness (QED) is 0.818. The number of unbranched alkanes of at least 4 members (excludes halogenated alkanes) is 1. The number of ether oxygens (including phenoxy) is 1. The van der Waals surface area contributed by atoms with Crippen LogP contribution in [0.15, 0.2) is 22.7 Å². The van der Waals surface area contributed by atoms with Crippen molar-refractivity contribution in [2.24, 2.45) is 0 Å². The topological polar surface area (TPSA) is 38.3 Å². The zero-order chi connectivity index (χ0) is 13.5. The van der Waals surface area contributed by atoms with Crippen LogP contribution in [0.2, 0.25) is 0 Å². The molecule has 1 amide bonds. The lowest BCUT2D eigenvalue weighted by atomic mass is 10.3. The molecule has 0 fully saturated rings. The van der Waals surface area contributed by atoms with Gasteiger partial charge in [0, 0.05) is 17.1 Å². The molecule has 1 atom stereocenters. The zero-order valence-corrected chi connectivity index (χ0v) is 12.1. The van der Waals surface area contributed by atoms with E-state index in [-0.39, 0.29) is 5.91 Å². The van der Waals surface area contributed by atoms with Crippen LogP contribution >= 0.6 is 15.9 Å². The Morgan fingerprint density at radius 2 is 2.22 bits per heavy atom. The number of benzene rings is 1. The van der Waals surface area contributed by atoms with Crippen molar-refractivity contribution in [3.63, 3.8) is 0 Å². The maximum atomic E-state index is 13.1. The molecule has 0 aromatic heterocycles. The highest BCUT2D eigenvalue weighted by Crippen LogP contribution is 2.21. The van der Waals surface area contributed by atoms with Gasteiger partial charge in [0.15, 0.2) is 6.10 Å². The first-order valence-electron chi connectivity index (χ1n) is 5.93. The molecule has 0 heterocycles. The normalized spacial score (nSPS) is 12.0. The maximum absolute atomic E-state index is 13.1. The molecule has 0 spiro atoms.